The number of rotatable bonds is 8. The lowest BCUT2D eigenvalue weighted by atomic mass is 10.1. The Balaban J connectivity index is 2.40. The van der Waals surface area contributed by atoms with Crippen molar-refractivity contribution in [2.24, 2.45) is 5.92 Å². The predicted molar refractivity (Wildman–Crippen MR) is 80.7 cm³/mol. The van der Waals surface area contributed by atoms with Crippen molar-refractivity contribution >= 4 is 0 Å². The van der Waals surface area contributed by atoms with Gasteiger partial charge < -0.3 is 14.6 Å². The van der Waals surface area contributed by atoms with Gasteiger partial charge in [-0.05, 0) is 30.5 Å². The van der Waals surface area contributed by atoms with Gasteiger partial charge in [-0.3, -0.25) is 0 Å². The van der Waals surface area contributed by atoms with E-state index < -0.39 is 5.82 Å². The Morgan fingerprint density at radius 2 is 2.05 bits per heavy atom. The second-order valence-electron chi connectivity index (χ2n) is 5.06. The topological polar surface area (TPSA) is 38.7 Å². The van der Waals surface area contributed by atoms with Crippen LogP contribution in [0.1, 0.15) is 32.3 Å². The minimum atomic E-state index is -0.412. The Kier molecular flexibility index (Phi) is 8.49. The summed E-state index contributed by atoms with van der Waals surface area (Å²) in [6.07, 6.45) is 1.40. The summed E-state index contributed by atoms with van der Waals surface area (Å²) in [7, 11) is 0. The summed E-state index contributed by atoms with van der Waals surface area (Å²) in [5.41, 5.74) is 0.667. The molecule has 0 aliphatic rings. The van der Waals surface area contributed by atoms with Gasteiger partial charge in [0.15, 0.2) is 11.6 Å². The lowest BCUT2D eigenvalue weighted by molar-refractivity contribution is 0.0913. The molecule has 1 rings (SSSR count). The van der Waals surface area contributed by atoms with Crippen LogP contribution in [-0.2, 0) is 4.74 Å². The van der Waals surface area contributed by atoms with Crippen LogP contribution in [0.4, 0.5) is 4.39 Å². The quantitative estimate of drug-likeness (QED) is 0.592. The van der Waals surface area contributed by atoms with Gasteiger partial charge >= 0.3 is 0 Å². The zero-order valence-electron chi connectivity index (χ0n) is 12.7. The Hall–Kier alpha value is -1.57. The predicted octanol–water partition coefficient (Wildman–Crippen LogP) is 3.00. The Morgan fingerprint density at radius 3 is 2.76 bits per heavy atom. The van der Waals surface area contributed by atoms with Gasteiger partial charge in [0.1, 0.15) is 6.61 Å². The number of halogens is 1. The molecule has 0 saturated heterocycles. The smallest absolute Gasteiger partial charge is 0.165 e. The zero-order chi connectivity index (χ0) is 15.5. The van der Waals surface area contributed by atoms with Crippen LogP contribution in [0.3, 0.4) is 0 Å². The normalized spacial score (nSPS) is 10.3. The molecule has 0 aliphatic carbocycles. The molecule has 0 aliphatic heterocycles. The lowest BCUT2D eigenvalue weighted by Gasteiger charge is -2.09. The van der Waals surface area contributed by atoms with Crippen LogP contribution < -0.4 is 4.74 Å². The van der Waals surface area contributed by atoms with Gasteiger partial charge in [-0.25, -0.2) is 4.39 Å². The highest BCUT2D eigenvalue weighted by Gasteiger charge is 2.04. The SMILES string of the molecule is CC(C)CCOCCOc1cc(C#CCCO)ccc1F. The molecule has 0 spiro atoms. The van der Waals surface area contributed by atoms with Crippen molar-refractivity contribution in [2.75, 3.05) is 26.4 Å². The van der Waals surface area contributed by atoms with E-state index in [1.54, 1.807) is 12.1 Å². The van der Waals surface area contributed by atoms with Gasteiger partial charge in [-0.1, -0.05) is 25.7 Å². The van der Waals surface area contributed by atoms with E-state index in [4.69, 9.17) is 14.6 Å². The molecule has 0 amide bonds. The highest BCUT2D eigenvalue weighted by Crippen LogP contribution is 2.18. The molecule has 1 aromatic rings. The number of hydrogen-bond donors (Lipinski definition) is 1. The molecule has 0 atom stereocenters. The van der Waals surface area contributed by atoms with Crippen LogP contribution in [0.25, 0.3) is 0 Å². The largest absolute Gasteiger partial charge is 0.488 e. The average molecular weight is 294 g/mol. The third-order valence-corrected chi connectivity index (χ3v) is 2.73. The van der Waals surface area contributed by atoms with Gasteiger partial charge in [-0.2, -0.15) is 0 Å². The second kappa shape index (κ2) is 10.2. The Morgan fingerprint density at radius 1 is 1.24 bits per heavy atom. The van der Waals surface area contributed by atoms with Crippen LogP contribution in [0.5, 0.6) is 5.75 Å². The Labute approximate surface area is 126 Å². The van der Waals surface area contributed by atoms with E-state index in [2.05, 4.69) is 25.7 Å². The van der Waals surface area contributed by atoms with Gasteiger partial charge in [0, 0.05) is 18.6 Å². The van der Waals surface area contributed by atoms with E-state index in [1.165, 1.54) is 6.07 Å². The van der Waals surface area contributed by atoms with Crippen molar-refractivity contribution in [3.63, 3.8) is 0 Å². The molecule has 3 nitrogen and oxygen atoms in total. The molecule has 0 aromatic heterocycles. The first-order valence-electron chi connectivity index (χ1n) is 7.23. The van der Waals surface area contributed by atoms with E-state index in [-0.39, 0.29) is 12.4 Å². The average Bonchev–Trinajstić information content (AvgIpc) is 2.45. The van der Waals surface area contributed by atoms with Crippen LogP contribution in [0.15, 0.2) is 18.2 Å². The number of benzene rings is 1. The maximum absolute atomic E-state index is 13.6. The number of hydrogen-bond acceptors (Lipinski definition) is 3. The monoisotopic (exact) mass is 294 g/mol. The molecule has 0 unspecified atom stereocenters. The summed E-state index contributed by atoms with van der Waals surface area (Å²) < 4.78 is 24.4. The first kappa shape index (κ1) is 17.5. The van der Waals surface area contributed by atoms with Gasteiger partial charge in [0.05, 0.1) is 13.2 Å². The van der Waals surface area contributed by atoms with E-state index in [0.717, 1.165) is 6.42 Å². The molecular formula is C17H23FO3. The van der Waals surface area contributed by atoms with Crippen molar-refractivity contribution < 1.29 is 19.0 Å². The lowest BCUT2D eigenvalue weighted by Crippen LogP contribution is -2.09. The van der Waals surface area contributed by atoms with Crippen molar-refractivity contribution in [3.05, 3.63) is 29.6 Å². The Bertz CT molecular complexity index is 475. The molecule has 21 heavy (non-hydrogen) atoms. The first-order valence-corrected chi connectivity index (χ1v) is 7.23. The number of ether oxygens (including phenoxy) is 2. The molecule has 0 radical (unpaired) electrons. The highest BCUT2D eigenvalue weighted by molar-refractivity contribution is 5.40. The minimum absolute atomic E-state index is 0.0191. The summed E-state index contributed by atoms with van der Waals surface area (Å²) >= 11 is 0. The highest BCUT2D eigenvalue weighted by atomic mass is 19.1. The molecule has 0 saturated carbocycles. The molecule has 4 heteroatoms. The second-order valence-corrected chi connectivity index (χ2v) is 5.06. The van der Waals surface area contributed by atoms with E-state index in [0.29, 0.717) is 37.7 Å². The van der Waals surface area contributed by atoms with Crippen LogP contribution in [0.2, 0.25) is 0 Å². The molecule has 116 valence electrons. The summed E-state index contributed by atoms with van der Waals surface area (Å²) in [6.45, 7) is 5.73. The minimum Gasteiger partial charge on any atom is -0.488 e. The third kappa shape index (κ3) is 7.69. The van der Waals surface area contributed by atoms with Crippen molar-refractivity contribution in [2.45, 2.75) is 26.7 Å². The summed E-state index contributed by atoms with van der Waals surface area (Å²) in [5.74, 6) is 6.01. The summed E-state index contributed by atoms with van der Waals surface area (Å²) in [5, 5.41) is 8.66. The maximum Gasteiger partial charge on any atom is 0.165 e. The van der Waals surface area contributed by atoms with Gasteiger partial charge in [0.2, 0.25) is 0 Å². The fourth-order valence-electron chi connectivity index (χ4n) is 1.54. The molecule has 0 fully saturated rings. The molecular weight excluding hydrogens is 271 g/mol. The zero-order valence-corrected chi connectivity index (χ0v) is 12.7. The maximum atomic E-state index is 13.6. The fraction of sp³-hybridized carbons (Fsp3) is 0.529. The van der Waals surface area contributed by atoms with Crippen molar-refractivity contribution in [1.29, 1.82) is 0 Å². The number of aliphatic hydroxyl groups excluding tert-OH is 1. The summed E-state index contributed by atoms with van der Waals surface area (Å²) in [6, 6.07) is 4.48. The molecule has 0 heterocycles. The van der Waals surface area contributed by atoms with Crippen LogP contribution >= 0.6 is 0 Å². The van der Waals surface area contributed by atoms with E-state index in [1.807, 2.05) is 0 Å². The van der Waals surface area contributed by atoms with Gasteiger partial charge in [-0.15, -0.1) is 0 Å². The third-order valence-electron chi connectivity index (χ3n) is 2.73. The van der Waals surface area contributed by atoms with Crippen LogP contribution in [-0.4, -0.2) is 31.5 Å². The van der Waals surface area contributed by atoms with Crippen molar-refractivity contribution in [3.8, 4) is 17.6 Å². The molecule has 0 bridgehead atoms. The van der Waals surface area contributed by atoms with Crippen LogP contribution in [0, 0.1) is 23.6 Å². The molecule has 1 aromatic carbocycles. The fourth-order valence-corrected chi connectivity index (χ4v) is 1.54. The summed E-state index contributed by atoms with van der Waals surface area (Å²) in [4.78, 5) is 0. The molecule has 1 N–H and O–H groups in total. The van der Waals surface area contributed by atoms with Crippen molar-refractivity contribution in [1.82, 2.24) is 0 Å². The standard InChI is InChI=1S/C17H23FO3/c1-14(2)8-10-20-11-12-21-17-13-15(5-3-4-9-19)6-7-16(17)18/h6-7,13-14,19H,4,8-12H2,1-2H3. The first-order chi connectivity index (χ1) is 10.1. The van der Waals surface area contributed by atoms with Gasteiger partial charge in [0.25, 0.3) is 0 Å². The van der Waals surface area contributed by atoms with E-state index >= 15 is 0 Å². The number of aliphatic hydroxyl groups is 1. The van der Waals surface area contributed by atoms with E-state index in [9.17, 15) is 4.39 Å².